The van der Waals surface area contributed by atoms with E-state index in [1.165, 1.54) is 48.9 Å². The van der Waals surface area contributed by atoms with Crippen molar-refractivity contribution >= 4 is 39.3 Å². The van der Waals surface area contributed by atoms with Gasteiger partial charge in [-0.25, -0.2) is 13.6 Å². The summed E-state index contributed by atoms with van der Waals surface area (Å²) in [6.07, 6.45) is 4.59. The third kappa shape index (κ3) is 4.31. The van der Waals surface area contributed by atoms with Crippen LogP contribution in [-0.4, -0.2) is 47.9 Å². The lowest BCUT2D eigenvalue weighted by Crippen LogP contribution is -2.22. The lowest BCUT2D eigenvalue weighted by Gasteiger charge is -2.17. The Morgan fingerprint density at radius 2 is 1.86 bits per heavy atom. The smallest absolute Gasteiger partial charge is 0.238 e. The Morgan fingerprint density at radius 1 is 1.18 bits per heavy atom. The fraction of sp³-hybridized carbons (Fsp3) is 0.471. The van der Waals surface area contributed by atoms with Crippen molar-refractivity contribution in [2.24, 2.45) is 5.14 Å². The summed E-state index contributed by atoms with van der Waals surface area (Å²) in [5, 5.41) is 17.3. The molecular weight excluding hydrogens is 400 g/mol. The molecule has 2 aliphatic rings. The van der Waals surface area contributed by atoms with Gasteiger partial charge in [0.15, 0.2) is 5.16 Å². The van der Waals surface area contributed by atoms with Crippen molar-refractivity contribution in [2.45, 2.75) is 41.8 Å². The summed E-state index contributed by atoms with van der Waals surface area (Å²) < 4.78 is 24.7. The number of carbonyl (C=O) groups is 1. The Bertz CT molecular complexity index is 963. The van der Waals surface area contributed by atoms with Crippen molar-refractivity contribution < 1.29 is 13.2 Å². The van der Waals surface area contributed by atoms with E-state index in [1.807, 2.05) is 0 Å². The molecule has 0 unspecified atom stereocenters. The zero-order valence-corrected chi connectivity index (χ0v) is 16.9. The van der Waals surface area contributed by atoms with Crippen molar-refractivity contribution in [1.82, 2.24) is 14.8 Å². The van der Waals surface area contributed by atoms with Gasteiger partial charge in [-0.15, -0.1) is 10.2 Å². The highest BCUT2D eigenvalue weighted by atomic mass is 32.2. The molecule has 2 heterocycles. The fourth-order valence-corrected chi connectivity index (χ4v) is 4.52. The average Bonchev–Trinajstić information content (AvgIpc) is 3.17. The maximum absolute atomic E-state index is 12.3. The van der Waals surface area contributed by atoms with Gasteiger partial charge in [-0.1, -0.05) is 11.8 Å². The molecule has 4 rings (SSSR count). The summed E-state index contributed by atoms with van der Waals surface area (Å²) in [4.78, 5) is 14.6. The van der Waals surface area contributed by atoms with Crippen molar-refractivity contribution in [3.63, 3.8) is 0 Å². The number of anilines is 2. The number of rotatable bonds is 7. The predicted molar refractivity (Wildman–Crippen MR) is 107 cm³/mol. The summed E-state index contributed by atoms with van der Waals surface area (Å²) in [6.45, 7) is 2.01. The van der Waals surface area contributed by atoms with E-state index in [0.29, 0.717) is 11.7 Å². The predicted octanol–water partition coefficient (Wildman–Crippen LogP) is 1.59. The highest BCUT2D eigenvalue weighted by molar-refractivity contribution is 7.99. The molecule has 1 aliphatic heterocycles. The molecule has 1 saturated heterocycles. The number of carbonyl (C=O) groups excluding carboxylic acids is 1. The van der Waals surface area contributed by atoms with Gasteiger partial charge < -0.3 is 10.2 Å². The fourth-order valence-electron chi connectivity index (χ4n) is 3.21. The monoisotopic (exact) mass is 422 g/mol. The maximum atomic E-state index is 12.3. The van der Waals surface area contributed by atoms with Crippen molar-refractivity contribution in [1.29, 1.82) is 0 Å². The largest absolute Gasteiger partial charge is 0.341 e. The van der Waals surface area contributed by atoms with Crippen LogP contribution in [0.25, 0.3) is 0 Å². The van der Waals surface area contributed by atoms with Crippen LogP contribution in [-0.2, 0) is 14.8 Å². The molecule has 0 spiro atoms. The SMILES string of the molecule is NS(=O)(=O)c1ccc(NC(=O)CSc2nnc(N3CCCC3)n2C2CC2)cc1. The van der Waals surface area contributed by atoms with Gasteiger partial charge in [0.2, 0.25) is 21.9 Å². The minimum absolute atomic E-state index is 0.00634. The van der Waals surface area contributed by atoms with E-state index >= 15 is 0 Å². The van der Waals surface area contributed by atoms with Gasteiger partial charge in [-0.3, -0.25) is 9.36 Å². The molecule has 11 heteroatoms. The molecule has 1 saturated carbocycles. The molecule has 1 aliphatic carbocycles. The van der Waals surface area contributed by atoms with E-state index in [2.05, 4.69) is 25.0 Å². The number of sulfonamides is 1. The Morgan fingerprint density at radius 3 is 2.46 bits per heavy atom. The summed E-state index contributed by atoms with van der Waals surface area (Å²) in [5.74, 6) is 0.921. The highest BCUT2D eigenvalue weighted by Crippen LogP contribution is 2.41. The first-order chi connectivity index (χ1) is 13.4. The first kappa shape index (κ1) is 19.2. The number of aromatic nitrogens is 3. The number of nitrogens with two attached hydrogens (primary N) is 1. The Hall–Kier alpha value is -2.11. The molecule has 3 N–H and O–H groups in total. The lowest BCUT2D eigenvalue weighted by atomic mass is 10.3. The molecule has 1 amide bonds. The third-order valence-electron chi connectivity index (χ3n) is 4.75. The number of amides is 1. The number of nitrogens with one attached hydrogen (secondary N) is 1. The van der Waals surface area contributed by atoms with Gasteiger partial charge in [0.25, 0.3) is 0 Å². The molecule has 0 radical (unpaired) electrons. The van der Waals surface area contributed by atoms with E-state index < -0.39 is 10.0 Å². The van der Waals surface area contributed by atoms with Crippen LogP contribution < -0.4 is 15.4 Å². The van der Waals surface area contributed by atoms with Gasteiger partial charge in [0.05, 0.1) is 10.6 Å². The third-order valence-corrected chi connectivity index (χ3v) is 6.62. The number of nitrogens with zero attached hydrogens (tertiary/aromatic N) is 4. The van der Waals surface area contributed by atoms with Gasteiger partial charge >= 0.3 is 0 Å². The van der Waals surface area contributed by atoms with Crippen molar-refractivity contribution in [2.75, 3.05) is 29.1 Å². The van der Waals surface area contributed by atoms with Crippen LogP contribution in [0.1, 0.15) is 31.7 Å². The van der Waals surface area contributed by atoms with Crippen LogP contribution >= 0.6 is 11.8 Å². The second kappa shape index (κ2) is 7.72. The van der Waals surface area contributed by atoms with Gasteiger partial charge in [0, 0.05) is 24.8 Å². The van der Waals surface area contributed by atoms with Crippen LogP contribution in [0, 0.1) is 0 Å². The van der Waals surface area contributed by atoms with Crippen molar-refractivity contribution in [3.05, 3.63) is 24.3 Å². The topological polar surface area (TPSA) is 123 Å². The minimum Gasteiger partial charge on any atom is -0.341 e. The number of hydrogen-bond acceptors (Lipinski definition) is 7. The molecule has 28 heavy (non-hydrogen) atoms. The molecular formula is C17H22N6O3S2. The second-order valence-electron chi connectivity index (χ2n) is 6.98. The first-order valence-electron chi connectivity index (χ1n) is 9.17. The summed E-state index contributed by atoms with van der Waals surface area (Å²) in [5.41, 5.74) is 0.513. The molecule has 2 aromatic rings. The van der Waals surface area contributed by atoms with Crippen molar-refractivity contribution in [3.8, 4) is 0 Å². The molecule has 1 aromatic heterocycles. The quantitative estimate of drug-likeness (QED) is 0.650. The highest BCUT2D eigenvalue weighted by Gasteiger charge is 2.32. The van der Waals surface area contributed by atoms with E-state index in [4.69, 9.17) is 5.14 Å². The maximum Gasteiger partial charge on any atom is 0.238 e. The molecule has 0 atom stereocenters. The summed E-state index contributed by atoms with van der Waals surface area (Å²) >= 11 is 1.36. The zero-order valence-electron chi connectivity index (χ0n) is 15.2. The number of hydrogen-bond donors (Lipinski definition) is 2. The normalized spacial score (nSPS) is 17.1. The van der Waals surface area contributed by atoms with E-state index in [1.54, 1.807) is 0 Å². The van der Waals surface area contributed by atoms with Crippen LogP contribution in [0.4, 0.5) is 11.6 Å². The minimum atomic E-state index is -3.74. The average molecular weight is 423 g/mol. The number of thioether (sulfide) groups is 1. The van der Waals surface area contributed by atoms with Crippen LogP contribution in [0.15, 0.2) is 34.3 Å². The molecule has 150 valence electrons. The van der Waals surface area contributed by atoms with Crippen LogP contribution in [0.3, 0.4) is 0 Å². The lowest BCUT2D eigenvalue weighted by molar-refractivity contribution is -0.113. The Labute approximate surface area is 167 Å². The summed E-state index contributed by atoms with van der Waals surface area (Å²) in [7, 11) is -3.74. The summed E-state index contributed by atoms with van der Waals surface area (Å²) in [6, 6.07) is 6.19. The molecule has 0 bridgehead atoms. The number of primary sulfonamides is 1. The Kier molecular flexibility index (Phi) is 5.30. The van der Waals surface area contributed by atoms with Gasteiger partial charge in [-0.2, -0.15) is 0 Å². The molecule has 9 nitrogen and oxygen atoms in total. The first-order valence-corrected chi connectivity index (χ1v) is 11.7. The van der Waals surface area contributed by atoms with Crippen LogP contribution in [0.5, 0.6) is 0 Å². The Balaban J connectivity index is 1.38. The van der Waals surface area contributed by atoms with E-state index in [9.17, 15) is 13.2 Å². The molecule has 1 aromatic carbocycles. The second-order valence-corrected chi connectivity index (χ2v) is 9.49. The van der Waals surface area contributed by atoms with Crippen LogP contribution in [0.2, 0.25) is 0 Å². The van der Waals surface area contributed by atoms with E-state index in [0.717, 1.165) is 37.0 Å². The molecule has 2 fully saturated rings. The zero-order chi connectivity index (χ0) is 19.7. The number of benzene rings is 1. The van der Waals surface area contributed by atoms with Gasteiger partial charge in [0.1, 0.15) is 0 Å². The standard InChI is InChI=1S/C17H22N6O3S2/c18-28(25,26)14-7-3-12(4-8-14)19-15(24)11-27-17-21-20-16(22-9-1-2-10-22)23(17)13-5-6-13/h3-4,7-8,13H,1-2,5-6,9-11H2,(H,19,24)(H2,18,25,26). The van der Waals surface area contributed by atoms with Gasteiger partial charge in [-0.05, 0) is 49.9 Å². The van der Waals surface area contributed by atoms with E-state index in [-0.39, 0.29) is 16.6 Å².